The fourth-order valence-electron chi connectivity index (χ4n) is 1.56. The summed E-state index contributed by atoms with van der Waals surface area (Å²) in [6.07, 6.45) is 5.58. The van der Waals surface area contributed by atoms with Crippen molar-refractivity contribution in [3.05, 3.63) is 70.8 Å². The molecule has 0 aliphatic carbocycles. The second-order valence-corrected chi connectivity index (χ2v) is 3.90. The Morgan fingerprint density at radius 3 is 1.06 bits per heavy atom. The SMILES string of the molecule is O=Cc1ccc(/C=C\c2ccc(C=O)cc2)cc1. The molecule has 2 rings (SSSR count). The van der Waals surface area contributed by atoms with Crippen molar-refractivity contribution >= 4 is 24.7 Å². The fraction of sp³-hybridized carbons (Fsp3) is 0. The predicted octanol–water partition coefficient (Wildman–Crippen LogP) is 3.48. The lowest BCUT2D eigenvalue weighted by Gasteiger charge is -1.96. The third kappa shape index (κ3) is 3.01. The Hall–Kier alpha value is -2.48. The highest BCUT2D eigenvalue weighted by Gasteiger charge is 1.91. The number of carbonyl (C=O) groups excluding carboxylic acids is 2. The summed E-state index contributed by atoms with van der Waals surface area (Å²) in [6, 6.07) is 14.7. The molecule has 0 fully saturated rings. The second-order valence-electron chi connectivity index (χ2n) is 3.90. The number of carbonyl (C=O) groups is 2. The van der Waals surface area contributed by atoms with E-state index in [-0.39, 0.29) is 0 Å². The van der Waals surface area contributed by atoms with Gasteiger partial charge >= 0.3 is 0 Å². The minimum absolute atomic E-state index is 0.669. The van der Waals surface area contributed by atoms with E-state index in [1.807, 2.05) is 36.4 Å². The minimum atomic E-state index is 0.669. The van der Waals surface area contributed by atoms with Gasteiger partial charge in [0, 0.05) is 11.1 Å². The second kappa shape index (κ2) is 5.73. The molecule has 0 spiro atoms. The van der Waals surface area contributed by atoms with E-state index in [9.17, 15) is 9.59 Å². The van der Waals surface area contributed by atoms with Gasteiger partial charge in [-0.05, 0) is 11.1 Å². The molecule has 88 valence electrons. The zero-order valence-corrected chi connectivity index (χ0v) is 9.74. The van der Waals surface area contributed by atoms with Gasteiger partial charge in [-0.3, -0.25) is 9.59 Å². The molecule has 0 amide bonds. The van der Waals surface area contributed by atoms with Gasteiger partial charge < -0.3 is 0 Å². The van der Waals surface area contributed by atoms with Crippen LogP contribution in [0.1, 0.15) is 31.8 Å². The van der Waals surface area contributed by atoms with Gasteiger partial charge in [-0.2, -0.15) is 0 Å². The van der Waals surface area contributed by atoms with E-state index >= 15 is 0 Å². The van der Waals surface area contributed by atoms with Crippen molar-refractivity contribution in [2.24, 2.45) is 0 Å². The number of benzene rings is 2. The average Bonchev–Trinajstić information content (AvgIpc) is 2.46. The Balaban J connectivity index is 2.13. The van der Waals surface area contributed by atoms with Crippen LogP contribution in [-0.4, -0.2) is 12.6 Å². The molecule has 0 atom stereocenters. The Labute approximate surface area is 106 Å². The standard InChI is InChI=1S/C16H12O2/c17-11-15-7-3-13(4-8-15)1-2-14-5-9-16(12-18)10-6-14/h1-12H/b2-1-. The number of hydrogen-bond donors (Lipinski definition) is 0. The molecule has 0 bridgehead atoms. The smallest absolute Gasteiger partial charge is 0.150 e. The van der Waals surface area contributed by atoms with Crippen molar-refractivity contribution in [2.45, 2.75) is 0 Å². The Kier molecular flexibility index (Phi) is 3.82. The van der Waals surface area contributed by atoms with E-state index in [2.05, 4.69) is 0 Å². The summed E-state index contributed by atoms with van der Waals surface area (Å²) in [5, 5.41) is 0. The molecular weight excluding hydrogens is 224 g/mol. The lowest BCUT2D eigenvalue weighted by molar-refractivity contribution is 0.111. The summed E-state index contributed by atoms with van der Waals surface area (Å²) in [6.45, 7) is 0. The molecule has 0 saturated carbocycles. The van der Waals surface area contributed by atoms with Crippen LogP contribution >= 0.6 is 0 Å². The lowest BCUT2D eigenvalue weighted by Crippen LogP contribution is -1.80. The van der Waals surface area contributed by atoms with Crippen LogP contribution in [0, 0.1) is 0 Å². The number of rotatable bonds is 4. The van der Waals surface area contributed by atoms with E-state index in [1.54, 1.807) is 24.3 Å². The lowest BCUT2D eigenvalue weighted by atomic mass is 10.1. The highest BCUT2D eigenvalue weighted by molar-refractivity contribution is 5.78. The molecule has 0 saturated heterocycles. The summed E-state index contributed by atoms with van der Waals surface area (Å²) in [5.74, 6) is 0. The highest BCUT2D eigenvalue weighted by atomic mass is 16.1. The summed E-state index contributed by atoms with van der Waals surface area (Å²) in [5.41, 5.74) is 3.39. The first-order valence-corrected chi connectivity index (χ1v) is 5.60. The van der Waals surface area contributed by atoms with Crippen molar-refractivity contribution < 1.29 is 9.59 Å². The van der Waals surface area contributed by atoms with Gasteiger partial charge in [0.15, 0.2) is 0 Å². The monoisotopic (exact) mass is 236 g/mol. The van der Waals surface area contributed by atoms with Crippen molar-refractivity contribution in [1.82, 2.24) is 0 Å². The third-order valence-electron chi connectivity index (χ3n) is 2.61. The normalized spacial score (nSPS) is 10.4. The molecule has 0 aliphatic heterocycles. The molecule has 0 aromatic heterocycles. The van der Waals surface area contributed by atoms with Crippen molar-refractivity contribution in [1.29, 1.82) is 0 Å². The summed E-state index contributed by atoms with van der Waals surface area (Å²) < 4.78 is 0. The van der Waals surface area contributed by atoms with Crippen LogP contribution in [0.3, 0.4) is 0 Å². The Morgan fingerprint density at radius 2 is 0.778 bits per heavy atom. The first kappa shape index (κ1) is 12.0. The molecule has 2 nitrogen and oxygen atoms in total. The maximum atomic E-state index is 10.5. The Bertz CT molecular complexity index is 510. The molecule has 2 heteroatoms. The van der Waals surface area contributed by atoms with Crippen LogP contribution in [-0.2, 0) is 0 Å². The maximum absolute atomic E-state index is 10.5. The fourth-order valence-corrected chi connectivity index (χ4v) is 1.56. The largest absolute Gasteiger partial charge is 0.298 e. The first-order chi connectivity index (χ1) is 8.81. The van der Waals surface area contributed by atoms with E-state index in [0.717, 1.165) is 23.7 Å². The highest BCUT2D eigenvalue weighted by Crippen LogP contribution is 2.10. The molecule has 18 heavy (non-hydrogen) atoms. The summed E-state index contributed by atoms with van der Waals surface area (Å²) in [7, 11) is 0. The van der Waals surface area contributed by atoms with Crippen LogP contribution < -0.4 is 0 Å². The van der Waals surface area contributed by atoms with Crippen molar-refractivity contribution in [3.8, 4) is 0 Å². The van der Waals surface area contributed by atoms with Crippen LogP contribution in [0.5, 0.6) is 0 Å². The topological polar surface area (TPSA) is 34.1 Å². The van der Waals surface area contributed by atoms with Gasteiger partial charge in [-0.1, -0.05) is 60.7 Å². The molecule has 0 aliphatic rings. The number of hydrogen-bond acceptors (Lipinski definition) is 2. The summed E-state index contributed by atoms with van der Waals surface area (Å²) in [4.78, 5) is 21.0. The van der Waals surface area contributed by atoms with Gasteiger partial charge in [0.05, 0.1) is 0 Å². The van der Waals surface area contributed by atoms with Crippen LogP contribution in [0.4, 0.5) is 0 Å². The molecule has 0 unspecified atom stereocenters. The van der Waals surface area contributed by atoms with Gasteiger partial charge in [-0.15, -0.1) is 0 Å². The first-order valence-electron chi connectivity index (χ1n) is 5.60. The molecular formula is C16H12O2. The van der Waals surface area contributed by atoms with E-state index < -0.39 is 0 Å². The zero-order chi connectivity index (χ0) is 12.8. The van der Waals surface area contributed by atoms with Crippen LogP contribution in [0.25, 0.3) is 12.2 Å². The molecule has 0 N–H and O–H groups in total. The molecule has 0 radical (unpaired) electrons. The van der Waals surface area contributed by atoms with E-state index in [4.69, 9.17) is 0 Å². The third-order valence-corrected chi connectivity index (χ3v) is 2.61. The van der Waals surface area contributed by atoms with Crippen molar-refractivity contribution in [2.75, 3.05) is 0 Å². The Morgan fingerprint density at radius 1 is 0.500 bits per heavy atom. The molecule has 2 aromatic rings. The van der Waals surface area contributed by atoms with Gasteiger partial charge in [0.25, 0.3) is 0 Å². The van der Waals surface area contributed by atoms with Gasteiger partial charge in [0.1, 0.15) is 12.6 Å². The van der Waals surface area contributed by atoms with Crippen LogP contribution in [0.15, 0.2) is 48.5 Å². The number of aldehydes is 2. The van der Waals surface area contributed by atoms with E-state index in [0.29, 0.717) is 11.1 Å². The van der Waals surface area contributed by atoms with Crippen LogP contribution in [0.2, 0.25) is 0 Å². The maximum Gasteiger partial charge on any atom is 0.150 e. The quantitative estimate of drug-likeness (QED) is 0.601. The van der Waals surface area contributed by atoms with Gasteiger partial charge in [0.2, 0.25) is 0 Å². The van der Waals surface area contributed by atoms with E-state index in [1.165, 1.54) is 0 Å². The molecule has 0 heterocycles. The average molecular weight is 236 g/mol. The predicted molar refractivity (Wildman–Crippen MR) is 72.6 cm³/mol. The zero-order valence-electron chi connectivity index (χ0n) is 9.74. The van der Waals surface area contributed by atoms with Crippen molar-refractivity contribution in [3.63, 3.8) is 0 Å². The minimum Gasteiger partial charge on any atom is -0.298 e. The van der Waals surface area contributed by atoms with Gasteiger partial charge in [-0.25, -0.2) is 0 Å². The summed E-state index contributed by atoms with van der Waals surface area (Å²) >= 11 is 0. The molecule has 2 aromatic carbocycles.